The van der Waals surface area contributed by atoms with Crippen molar-refractivity contribution in [3.05, 3.63) is 23.8 Å². The van der Waals surface area contributed by atoms with Gasteiger partial charge in [0.25, 0.3) is 0 Å². The fourth-order valence-corrected chi connectivity index (χ4v) is 2.40. The summed E-state index contributed by atoms with van der Waals surface area (Å²) in [6.45, 7) is 0.970. The van der Waals surface area contributed by atoms with Gasteiger partial charge in [0, 0.05) is 24.3 Å². The normalized spacial score (nSPS) is 18.7. The van der Waals surface area contributed by atoms with Crippen LogP contribution in [0.15, 0.2) is 18.2 Å². The number of nitrogens with one attached hydrogen (secondary N) is 1. The minimum absolute atomic E-state index is 0.0683. The Morgan fingerprint density at radius 1 is 1.48 bits per heavy atom. The number of hydrogen-bond acceptors (Lipinski definition) is 3. The van der Waals surface area contributed by atoms with Gasteiger partial charge in [-0.1, -0.05) is 6.07 Å². The van der Waals surface area contributed by atoms with Gasteiger partial charge in [0.1, 0.15) is 5.75 Å². The predicted molar refractivity (Wildman–Crippen MR) is 78.6 cm³/mol. The number of carbonyl (C=O) groups excluding carboxylic acids is 1. The van der Waals surface area contributed by atoms with E-state index in [0.29, 0.717) is 30.6 Å². The number of benzene rings is 1. The van der Waals surface area contributed by atoms with Crippen LogP contribution in [-0.4, -0.2) is 48.0 Å². The van der Waals surface area contributed by atoms with Gasteiger partial charge in [0.15, 0.2) is 6.61 Å². The number of ether oxygens (including phenoxy) is 1. The first kappa shape index (κ1) is 17.4. The Kier molecular flexibility index (Phi) is 5.35. The molecule has 2 rings (SSSR count). The number of carbonyl (C=O) groups is 1. The number of hydrogen-bond donors (Lipinski definition) is 2. The highest BCUT2D eigenvalue weighted by Gasteiger charge is 2.29. The van der Waals surface area contributed by atoms with Gasteiger partial charge in [0.2, 0.25) is 0 Å². The van der Waals surface area contributed by atoms with Crippen molar-refractivity contribution < 1.29 is 27.8 Å². The highest BCUT2D eigenvalue weighted by atomic mass is 19.4. The van der Waals surface area contributed by atoms with E-state index in [1.165, 1.54) is 17.0 Å². The lowest BCUT2D eigenvalue weighted by Crippen LogP contribution is -2.44. The maximum absolute atomic E-state index is 12.2. The molecule has 0 radical (unpaired) electrons. The Morgan fingerprint density at radius 3 is 2.87 bits per heavy atom. The van der Waals surface area contributed by atoms with Gasteiger partial charge in [-0.25, -0.2) is 4.79 Å². The number of alkyl halides is 3. The van der Waals surface area contributed by atoms with Crippen LogP contribution in [0.1, 0.15) is 18.4 Å². The maximum Gasteiger partial charge on any atom is 0.422 e. The summed E-state index contributed by atoms with van der Waals surface area (Å²) in [5.74, 6) is 0.0683. The Labute approximate surface area is 132 Å². The molecule has 0 bridgehead atoms. The summed E-state index contributed by atoms with van der Waals surface area (Å²) in [5, 5.41) is 12.2. The second-order valence-corrected chi connectivity index (χ2v) is 5.50. The minimum Gasteiger partial charge on any atom is -0.484 e. The number of piperidine rings is 1. The number of likely N-dealkylation sites (tertiary alicyclic amines) is 1. The third-order valence-corrected chi connectivity index (χ3v) is 3.60. The molecule has 23 heavy (non-hydrogen) atoms. The molecule has 2 amide bonds. The van der Waals surface area contributed by atoms with Crippen LogP contribution in [0, 0.1) is 6.92 Å². The van der Waals surface area contributed by atoms with Gasteiger partial charge in [0.05, 0.1) is 6.10 Å². The summed E-state index contributed by atoms with van der Waals surface area (Å²) >= 11 is 0. The summed E-state index contributed by atoms with van der Waals surface area (Å²) in [6.07, 6.45) is -3.60. The fraction of sp³-hybridized carbons (Fsp3) is 0.533. The summed E-state index contributed by atoms with van der Waals surface area (Å²) in [7, 11) is 0. The van der Waals surface area contributed by atoms with E-state index in [1.807, 2.05) is 0 Å². The molecule has 1 aliphatic rings. The summed E-state index contributed by atoms with van der Waals surface area (Å²) in [5.41, 5.74) is 0.803. The SMILES string of the molecule is Cc1c(NC(=O)N2CCCC(O)C2)cccc1OCC(F)(F)F. The Bertz CT molecular complexity index is 563. The van der Waals surface area contributed by atoms with Crippen molar-refractivity contribution >= 4 is 11.7 Å². The molecule has 1 aliphatic heterocycles. The number of amides is 2. The molecular formula is C15H19F3N2O3. The smallest absolute Gasteiger partial charge is 0.422 e. The maximum atomic E-state index is 12.2. The number of aliphatic hydroxyl groups excluding tert-OH is 1. The van der Waals surface area contributed by atoms with Gasteiger partial charge in [-0.05, 0) is 31.9 Å². The highest BCUT2D eigenvalue weighted by molar-refractivity contribution is 5.90. The van der Waals surface area contributed by atoms with Gasteiger partial charge in [-0.15, -0.1) is 0 Å². The summed E-state index contributed by atoms with van der Waals surface area (Å²) < 4.78 is 41.5. The van der Waals surface area contributed by atoms with Crippen molar-refractivity contribution in [3.8, 4) is 5.75 Å². The van der Waals surface area contributed by atoms with Crippen molar-refractivity contribution in [3.63, 3.8) is 0 Å². The Hall–Kier alpha value is -1.96. The molecule has 8 heteroatoms. The molecule has 0 saturated carbocycles. The van der Waals surface area contributed by atoms with E-state index in [2.05, 4.69) is 5.32 Å². The average Bonchev–Trinajstić information content (AvgIpc) is 2.47. The zero-order valence-electron chi connectivity index (χ0n) is 12.7. The monoisotopic (exact) mass is 332 g/mol. The molecule has 128 valence electrons. The van der Waals surface area contributed by atoms with Crippen LogP contribution in [0.2, 0.25) is 0 Å². The molecular weight excluding hydrogens is 313 g/mol. The van der Waals surface area contributed by atoms with Crippen LogP contribution in [0.5, 0.6) is 5.75 Å². The van der Waals surface area contributed by atoms with Gasteiger partial charge >= 0.3 is 12.2 Å². The number of β-amino-alcohol motifs (C(OH)–C–C–N with tert-alkyl or cyclic N) is 1. The number of anilines is 1. The molecule has 1 aromatic rings. The predicted octanol–water partition coefficient (Wildman–Crippen LogP) is 2.92. The zero-order valence-corrected chi connectivity index (χ0v) is 12.7. The van der Waals surface area contributed by atoms with Gasteiger partial charge in [-0.3, -0.25) is 0 Å². The minimum atomic E-state index is -4.42. The summed E-state index contributed by atoms with van der Waals surface area (Å²) in [6, 6.07) is 4.13. The largest absolute Gasteiger partial charge is 0.484 e. The van der Waals surface area contributed by atoms with E-state index in [1.54, 1.807) is 13.0 Å². The molecule has 0 aromatic heterocycles. The number of aliphatic hydroxyl groups is 1. The van der Waals surface area contributed by atoms with Crippen LogP contribution in [0.25, 0.3) is 0 Å². The van der Waals surface area contributed by atoms with Crippen molar-refractivity contribution in [2.45, 2.75) is 32.0 Å². The first-order valence-electron chi connectivity index (χ1n) is 7.29. The van der Waals surface area contributed by atoms with Gasteiger partial charge < -0.3 is 20.1 Å². The lowest BCUT2D eigenvalue weighted by Gasteiger charge is -2.30. The van der Waals surface area contributed by atoms with Crippen LogP contribution in [0.3, 0.4) is 0 Å². The summed E-state index contributed by atoms with van der Waals surface area (Å²) in [4.78, 5) is 13.7. The molecule has 1 atom stereocenters. The van der Waals surface area contributed by atoms with Crippen molar-refractivity contribution in [1.82, 2.24) is 4.90 Å². The second kappa shape index (κ2) is 7.08. The highest BCUT2D eigenvalue weighted by Crippen LogP contribution is 2.27. The van der Waals surface area contributed by atoms with Gasteiger partial charge in [-0.2, -0.15) is 13.2 Å². The molecule has 0 spiro atoms. The molecule has 2 N–H and O–H groups in total. The van der Waals surface area contributed by atoms with Crippen LogP contribution in [0.4, 0.5) is 23.7 Å². The molecule has 1 heterocycles. The van der Waals surface area contributed by atoms with Crippen molar-refractivity contribution in [1.29, 1.82) is 0 Å². The van der Waals surface area contributed by atoms with Crippen molar-refractivity contribution in [2.75, 3.05) is 25.0 Å². The van der Waals surface area contributed by atoms with Crippen molar-refractivity contribution in [2.24, 2.45) is 0 Å². The molecule has 1 saturated heterocycles. The topological polar surface area (TPSA) is 61.8 Å². The lowest BCUT2D eigenvalue weighted by molar-refractivity contribution is -0.153. The number of rotatable bonds is 3. The zero-order chi connectivity index (χ0) is 17.0. The number of halogens is 3. The van der Waals surface area contributed by atoms with E-state index in [-0.39, 0.29) is 18.3 Å². The van der Waals surface area contributed by atoms with Crippen LogP contribution in [-0.2, 0) is 0 Å². The average molecular weight is 332 g/mol. The second-order valence-electron chi connectivity index (χ2n) is 5.50. The first-order chi connectivity index (χ1) is 10.8. The Morgan fingerprint density at radius 2 is 2.22 bits per heavy atom. The molecule has 1 fully saturated rings. The Balaban J connectivity index is 2.03. The van der Waals surface area contributed by atoms with E-state index in [4.69, 9.17) is 4.74 Å². The third kappa shape index (κ3) is 5.02. The molecule has 5 nitrogen and oxygen atoms in total. The third-order valence-electron chi connectivity index (χ3n) is 3.60. The quantitative estimate of drug-likeness (QED) is 0.895. The standard InChI is InChI=1S/C15H19F3N2O3/c1-10-12(5-2-6-13(10)23-9-15(16,17)18)19-14(22)20-7-3-4-11(21)8-20/h2,5-6,11,21H,3-4,7-9H2,1H3,(H,19,22). The first-order valence-corrected chi connectivity index (χ1v) is 7.29. The number of nitrogens with zero attached hydrogens (tertiary/aromatic N) is 1. The van der Waals surface area contributed by atoms with E-state index < -0.39 is 18.9 Å². The van der Waals surface area contributed by atoms with E-state index >= 15 is 0 Å². The molecule has 0 aliphatic carbocycles. The van der Waals surface area contributed by atoms with E-state index in [9.17, 15) is 23.1 Å². The van der Waals surface area contributed by atoms with E-state index in [0.717, 1.165) is 0 Å². The molecule has 1 unspecified atom stereocenters. The fourth-order valence-electron chi connectivity index (χ4n) is 2.40. The van der Waals surface area contributed by atoms with Crippen LogP contribution < -0.4 is 10.1 Å². The molecule has 1 aromatic carbocycles. The van der Waals surface area contributed by atoms with Crippen LogP contribution >= 0.6 is 0 Å². The number of urea groups is 1. The lowest BCUT2D eigenvalue weighted by atomic mass is 10.1.